The second-order valence-electron chi connectivity index (χ2n) is 8.26. The number of carbonyl (C=O) groups is 1. The van der Waals surface area contributed by atoms with Gasteiger partial charge in [-0.15, -0.1) is 15.0 Å². The van der Waals surface area contributed by atoms with Crippen molar-refractivity contribution in [2.24, 2.45) is 0 Å². The summed E-state index contributed by atoms with van der Waals surface area (Å²) in [7, 11) is 0. The monoisotopic (exact) mass is 427 g/mol. The molecule has 3 aromatic rings. The molecule has 0 amide bonds. The van der Waals surface area contributed by atoms with Crippen LogP contribution < -0.4 is 0 Å². The second-order valence-corrected chi connectivity index (χ2v) is 8.70. The van der Waals surface area contributed by atoms with Crippen LogP contribution in [0.5, 0.6) is 5.75 Å². The van der Waals surface area contributed by atoms with Gasteiger partial charge < -0.3 is 9.84 Å². The maximum Gasteiger partial charge on any atom is 0.330 e. The molecule has 1 aromatic heterocycles. The van der Waals surface area contributed by atoms with Crippen LogP contribution in [-0.2, 0) is 21.4 Å². The van der Waals surface area contributed by atoms with Crippen molar-refractivity contribution >= 4 is 28.6 Å². The van der Waals surface area contributed by atoms with Crippen LogP contribution in [0.2, 0.25) is 5.02 Å². The molecule has 0 unspecified atom stereocenters. The standard InChI is InChI=1S/C23H26ClN3O3/c1-6-20(28)30-11-7-8-16-14(2)12-19(22(29)21(16)23(3,4)5)27-25-17-10-9-15(24)13-18(17)26-27/h6,9-10,12-13,29H,1,7-8,11H2,2-5H3. The lowest BCUT2D eigenvalue weighted by atomic mass is 9.80. The van der Waals surface area contributed by atoms with Gasteiger partial charge in [0.1, 0.15) is 22.5 Å². The molecular weight excluding hydrogens is 402 g/mol. The second kappa shape index (κ2) is 8.48. The Kier molecular flexibility index (Phi) is 6.17. The molecule has 0 aliphatic heterocycles. The highest BCUT2D eigenvalue weighted by Gasteiger charge is 2.27. The average molecular weight is 428 g/mol. The van der Waals surface area contributed by atoms with Gasteiger partial charge in [-0.05, 0) is 60.6 Å². The lowest BCUT2D eigenvalue weighted by Crippen LogP contribution is -2.18. The summed E-state index contributed by atoms with van der Waals surface area (Å²) in [5.41, 5.74) is 4.46. The third kappa shape index (κ3) is 4.49. The Hall–Kier alpha value is -2.86. The number of phenols is 1. The first-order chi connectivity index (χ1) is 14.1. The predicted octanol–water partition coefficient (Wildman–Crippen LogP) is 5.05. The van der Waals surface area contributed by atoms with Crippen molar-refractivity contribution in [3.8, 4) is 11.4 Å². The maximum atomic E-state index is 11.3. The van der Waals surface area contributed by atoms with Crippen LogP contribution in [0.15, 0.2) is 36.9 Å². The molecule has 1 N–H and O–H groups in total. The zero-order chi connectivity index (χ0) is 22.1. The van der Waals surface area contributed by atoms with Crippen LogP contribution in [0.1, 0.15) is 43.9 Å². The lowest BCUT2D eigenvalue weighted by Gasteiger charge is -2.27. The minimum Gasteiger partial charge on any atom is -0.505 e. The lowest BCUT2D eigenvalue weighted by molar-refractivity contribution is -0.137. The molecule has 30 heavy (non-hydrogen) atoms. The molecule has 0 saturated carbocycles. The van der Waals surface area contributed by atoms with E-state index in [-0.39, 0.29) is 11.2 Å². The Morgan fingerprint density at radius 2 is 1.97 bits per heavy atom. The van der Waals surface area contributed by atoms with Crippen molar-refractivity contribution in [2.75, 3.05) is 6.61 Å². The van der Waals surface area contributed by atoms with E-state index in [1.54, 1.807) is 18.2 Å². The van der Waals surface area contributed by atoms with E-state index in [2.05, 4.69) is 37.5 Å². The molecule has 0 aliphatic rings. The fraction of sp³-hybridized carbons (Fsp3) is 0.348. The summed E-state index contributed by atoms with van der Waals surface area (Å²) < 4.78 is 5.09. The number of hydrogen-bond donors (Lipinski definition) is 1. The molecule has 0 atom stereocenters. The van der Waals surface area contributed by atoms with Crippen LogP contribution >= 0.6 is 11.6 Å². The fourth-order valence-electron chi connectivity index (χ4n) is 3.59. The highest BCUT2D eigenvalue weighted by molar-refractivity contribution is 6.31. The number of hydrogen-bond acceptors (Lipinski definition) is 5. The van der Waals surface area contributed by atoms with Crippen LogP contribution in [0.4, 0.5) is 0 Å². The van der Waals surface area contributed by atoms with Crippen LogP contribution in [0.3, 0.4) is 0 Å². The summed E-state index contributed by atoms with van der Waals surface area (Å²) in [4.78, 5) is 12.7. The van der Waals surface area contributed by atoms with Crippen molar-refractivity contribution in [2.45, 2.75) is 46.0 Å². The van der Waals surface area contributed by atoms with Crippen LogP contribution in [-0.4, -0.2) is 32.7 Å². The molecule has 0 aliphatic carbocycles. The molecule has 0 saturated heterocycles. The fourth-order valence-corrected chi connectivity index (χ4v) is 3.75. The van der Waals surface area contributed by atoms with E-state index < -0.39 is 5.97 Å². The number of fused-ring (bicyclic) bond motifs is 1. The van der Waals surface area contributed by atoms with Gasteiger partial charge in [0.15, 0.2) is 0 Å². The van der Waals surface area contributed by atoms with Gasteiger partial charge in [-0.2, -0.15) is 0 Å². The van der Waals surface area contributed by atoms with Gasteiger partial charge in [-0.25, -0.2) is 4.79 Å². The number of aryl methyl sites for hydroxylation is 1. The quantitative estimate of drug-likeness (QED) is 0.338. The number of esters is 1. The number of carbonyl (C=O) groups excluding carboxylic acids is 1. The van der Waals surface area contributed by atoms with E-state index in [4.69, 9.17) is 16.3 Å². The van der Waals surface area contributed by atoms with Crippen molar-refractivity contribution in [1.29, 1.82) is 0 Å². The highest BCUT2D eigenvalue weighted by Crippen LogP contribution is 2.40. The Bertz CT molecular complexity index is 1110. The number of halogens is 1. The summed E-state index contributed by atoms with van der Waals surface area (Å²) in [6.07, 6.45) is 2.46. The van der Waals surface area contributed by atoms with Gasteiger partial charge in [0, 0.05) is 16.7 Å². The molecular formula is C23H26ClN3O3. The third-order valence-electron chi connectivity index (χ3n) is 4.90. The first-order valence-electron chi connectivity index (χ1n) is 9.80. The van der Waals surface area contributed by atoms with E-state index in [0.29, 0.717) is 41.2 Å². The SMILES string of the molecule is C=CC(=O)OCCCc1c(C)cc(-n2nc3ccc(Cl)cc3n2)c(O)c1C(C)(C)C. The molecule has 1 heterocycles. The zero-order valence-corrected chi connectivity index (χ0v) is 18.5. The number of benzene rings is 2. The van der Waals surface area contributed by atoms with Gasteiger partial charge in [0.25, 0.3) is 0 Å². The number of aromatic nitrogens is 3. The van der Waals surface area contributed by atoms with Gasteiger partial charge in [0.2, 0.25) is 0 Å². The summed E-state index contributed by atoms with van der Waals surface area (Å²) >= 11 is 6.06. The summed E-state index contributed by atoms with van der Waals surface area (Å²) in [6, 6.07) is 7.19. The number of aromatic hydroxyl groups is 1. The number of ether oxygens (including phenoxy) is 1. The maximum absolute atomic E-state index is 11.3. The smallest absolute Gasteiger partial charge is 0.330 e. The topological polar surface area (TPSA) is 77.2 Å². The minimum atomic E-state index is -0.433. The number of rotatable bonds is 6. The van der Waals surface area contributed by atoms with Crippen LogP contribution in [0, 0.1) is 6.92 Å². The Morgan fingerprint density at radius 3 is 2.63 bits per heavy atom. The predicted molar refractivity (Wildman–Crippen MR) is 118 cm³/mol. The first-order valence-corrected chi connectivity index (χ1v) is 10.2. The first kappa shape index (κ1) is 21.8. The average Bonchev–Trinajstić information content (AvgIpc) is 3.08. The van der Waals surface area contributed by atoms with Gasteiger partial charge in [0.05, 0.1) is 6.61 Å². The van der Waals surface area contributed by atoms with Crippen molar-refractivity contribution in [1.82, 2.24) is 15.0 Å². The Morgan fingerprint density at radius 1 is 1.27 bits per heavy atom. The number of nitrogens with zero attached hydrogens (tertiary/aromatic N) is 3. The molecule has 0 bridgehead atoms. The van der Waals surface area contributed by atoms with Crippen molar-refractivity contribution < 1.29 is 14.6 Å². The van der Waals surface area contributed by atoms with Crippen molar-refractivity contribution in [3.05, 3.63) is 58.6 Å². The molecule has 0 radical (unpaired) electrons. The van der Waals surface area contributed by atoms with E-state index >= 15 is 0 Å². The third-order valence-corrected chi connectivity index (χ3v) is 5.14. The number of phenolic OH excluding ortho intramolecular Hbond substituents is 1. The normalized spacial score (nSPS) is 11.6. The summed E-state index contributed by atoms with van der Waals surface area (Å²) in [5, 5.41) is 20.8. The molecule has 0 fully saturated rings. The Balaban J connectivity index is 2.02. The van der Waals surface area contributed by atoms with Crippen molar-refractivity contribution in [3.63, 3.8) is 0 Å². The van der Waals surface area contributed by atoms with Gasteiger partial charge in [-0.1, -0.05) is 39.0 Å². The summed E-state index contributed by atoms with van der Waals surface area (Å²) in [5.74, 6) is -0.282. The minimum absolute atomic E-state index is 0.151. The molecule has 3 rings (SSSR count). The zero-order valence-electron chi connectivity index (χ0n) is 17.7. The highest BCUT2D eigenvalue weighted by atomic mass is 35.5. The summed E-state index contributed by atoms with van der Waals surface area (Å²) in [6.45, 7) is 11.9. The van der Waals surface area contributed by atoms with E-state index in [0.717, 1.165) is 22.8 Å². The van der Waals surface area contributed by atoms with E-state index in [1.165, 1.54) is 4.80 Å². The molecule has 158 valence electrons. The molecule has 7 heteroatoms. The largest absolute Gasteiger partial charge is 0.505 e. The molecule has 2 aromatic carbocycles. The van der Waals surface area contributed by atoms with Gasteiger partial charge >= 0.3 is 5.97 Å². The molecule has 6 nitrogen and oxygen atoms in total. The molecule has 0 spiro atoms. The van der Waals surface area contributed by atoms with E-state index in [9.17, 15) is 9.90 Å². The van der Waals surface area contributed by atoms with E-state index in [1.807, 2.05) is 13.0 Å². The van der Waals surface area contributed by atoms with Crippen LogP contribution in [0.25, 0.3) is 16.7 Å². The van der Waals surface area contributed by atoms with Gasteiger partial charge in [-0.3, -0.25) is 0 Å². The Labute approximate surface area is 181 Å².